The van der Waals surface area contributed by atoms with Crippen molar-refractivity contribution >= 4 is 0 Å². The first kappa shape index (κ1) is 12.9. The Bertz CT molecular complexity index is 128. The average molecular weight is 188 g/mol. The molecule has 2 nitrogen and oxygen atoms in total. The highest BCUT2D eigenvalue weighted by atomic mass is 16.5. The first-order chi connectivity index (χ1) is 6.01. The Morgan fingerprint density at radius 3 is 1.85 bits per heavy atom. The van der Waals surface area contributed by atoms with Gasteiger partial charge in [0.1, 0.15) is 0 Å². The molecule has 0 aromatic rings. The van der Waals surface area contributed by atoms with E-state index in [2.05, 4.69) is 13.8 Å². The molecule has 80 valence electrons. The fraction of sp³-hybridized carbons (Fsp3) is 1.00. The van der Waals surface area contributed by atoms with E-state index in [-0.39, 0.29) is 6.10 Å². The summed E-state index contributed by atoms with van der Waals surface area (Å²) in [5, 5.41) is 10.3. The maximum absolute atomic E-state index is 10.3. The van der Waals surface area contributed by atoms with Gasteiger partial charge in [0.25, 0.3) is 0 Å². The molecule has 0 bridgehead atoms. The molecule has 0 amide bonds. The molecule has 0 aromatic carbocycles. The van der Waals surface area contributed by atoms with Crippen LogP contribution in [0.2, 0.25) is 0 Å². The highest BCUT2D eigenvalue weighted by molar-refractivity contribution is 4.87. The van der Waals surface area contributed by atoms with Crippen molar-refractivity contribution in [2.75, 3.05) is 6.61 Å². The van der Waals surface area contributed by atoms with Gasteiger partial charge in [-0.3, -0.25) is 0 Å². The summed E-state index contributed by atoms with van der Waals surface area (Å²) < 4.78 is 5.60. The summed E-state index contributed by atoms with van der Waals surface area (Å²) in [5.74, 6) is 0.366. The molecule has 2 heteroatoms. The molecule has 0 aromatic heterocycles. The molecule has 1 atom stereocenters. The van der Waals surface area contributed by atoms with Crippen molar-refractivity contribution in [3.8, 4) is 0 Å². The first-order valence-corrected chi connectivity index (χ1v) is 5.35. The van der Waals surface area contributed by atoms with Crippen molar-refractivity contribution < 1.29 is 9.84 Å². The second-order valence-corrected chi connectivity index (χ2v) is 3.93. The van der Waals surface area contributed by atoms with Crippen LogP contribution in [0, 0.1) is 5.92 Å². The van der Waals surface area contributed by atoms with E-state index in [4.69, 9.17) is 4.74 Å². The first-order valence-electron chi connectivity index (χ1n) is 5.35. The van der Waals surface area contributed by atoms with E-state index < -0.39 is 5.60 Å². The highest BCUT2D eigenvalue weighted by Gasteiger charge is 2.35. The molecule has 0 aliphatic rings. The molecular formula is C11H24O2. The van der Waals surface area contributed by atoms with E-state index in [1.165, 1.54) is 0 Å². The van der Waals surface area contributed by atoms with Gasteiger partial charge >= 0.3 is 0 Å². The maximum atomic E-state index is 10.3. The third-order valence-electron chi connectivity index (χ3n) is 2.71. The topological polar surface area (TPSA) is 29.5 Å². The zero-order valence-corrected chi connectivity index (χ0v) is 9.63. The van der Waals surface area contributed by atoms with Crippen LogP contribution in [0.1, 0.15) is 47.5 Å². The Morgan fingerprint density at radius 2 is 1.62 bits per heavy atom. The van der Waals surface area contributed by atoms with E-state index in [0.717, 1.165) is 12.8 Å². The molecule has 0 aliphatic carbocycles. The van der Waals surface area contributed by atoms with Crippen molar-refractivity contribution in [2.45, 2.75) is 59.2 Å². The van der Waals surface area contributed by atoms with Gasteiger partial charge in [-0.05, 0) is 25.7 Å². The van der Waals surface area contributed by atoms with Crippen LogP contribution < -0.4 is 0 Å². The predicted octanol–water partition coefficient (Wildman–Crippen LogP) is 2.60. The van der Waals surface area contributed by atoms with Crippen LogP contribution in [0.25, 0.3) is 0 Å². The molecule has 0 saturated heterocycles. The fourth-order valence-electron chi connectivity index (χ4n) is 1.80. The van der Waals surface area contributed by atoms with Gasteiger partial charge in [0.15, 0.2) is 0 Å². The number of aliphatic hydroxyl groups is 1. The van der Waals surface area contributed by atoms with Crippen LogP contribution in [0.4, 0.5) is 0 Å². The van der Waals surface area contributed by atoms with Gasteiger partial charge in [0.05, 0.1) is 11.7 Å². The monoisotopic (exact) mass is 188 g/mol. The Kier molecular flexibility index (Phi) is 5.57. The minimum atomic E-state index is -0.649. The van der Waals surface area contributed by atoms with Crippen molar-refractivity contribution in [1.82, 2.24) is 0 Å². The van der Waals surface area contributed by atoms with Gasteiger partial charge < -0.3 is 9.84 Å². The molecule has 0 saturated carbocycles. The summed E-state index contributed by atoms with van der Waals surface area (Å²) in [6, 6.07) is 0. The number of rotatable bonds is 6. The van der Waals surface area contributed by atoms with Crippen LogP contribution >= 0.6 is 0 Å². The SMILES string of the molecule is CCO[C@H](C(C)C)C(O)(CC)CC. The summed E-state index contributed by atoms with van der Waals surface area (Å²) >= 11 is 0. The van der Waals surface area contributed by atoms with Crippen LogP contribution in [-0.4, -0.2) is 23.4 Å². The fourth-order valence-corrected chi connectivity index (χ4v) is 1.80. The largest absolute Gasteiger partial charge is 0.387 e. The second kappa shape index (κ2) is 5.61. The molecule has 0 fully saturated rings. The summed E-state index contributed by atoms with van der Waals surface area (Å²) in [6.07, 6.45) is 1.48. The van der Waals surface area contributed by atoms with Crippen molar-refractivity contribution in [1.29, 1.82) is 0 Å². The normalized spacial score (nSPS) is 15.0. The van der Waals surface area contributed by atoms with Gasteiger partial charge in [-0.25, -0.2) is 0 Å². The lowest BCUT2D eigenvalue weighted by Gasteiger charge is -2.37. The van der Waals surface area contributed by atoms with Gasteiger partial charge in [-0.15, -0.1) is 0 Å². The lowest BCUT2D eigenvalue weighted by molar-refractivity contribution is -0.129. The molecule has 0 rings (SSSR count). The number of hydrogen-bond donors (Lipinski definition) is 1. The van der Waals surface area contributed by atoms with Gasteiger partial charge in [0, 0.05) is 6.61 Å². The third kappa shape index (κ3) is 3.28. The van der Waals surface area contributed by atoms with E-state index >= 15 is 0 Å². The zero-order chi connectivity index (χ0) is 10.5. The van der Waals surface area contributed by atoms with Crippen LogP contribution in [-0.2, 0) is 4.74 Å². The summed E-state index contributed by atoms with van der Waals surface area (Å²) in [7, 11) is 0. The van der Waals surface area contributed by atoms with Crippen LogP contribution in [0.15, 0.2) is 0 Å². The van der Waals surface area contributed by atoms with Crippen LogP contribution in [0.5, 0.6) is 0 Å². The lowest BCUT2D eigenvalue weighted by Crippen LogP contribution is -2.46. The second-order valence-electron chi connectivity index (χ2n) is 3.93. The van der Waals surface area contributed by atoms with E-state index in [1.54, 1.807) is 0 Å². The molecule has 0 heterocycles. The van der Waals surface area contributed by atoms with Gasteiger partial charge in [-0.2, -0.15) is 0 Å². The van der Waals surface area contributed by atoms with Crippen molar-refractivity contribution in [3.05, 3.63) is 0 Å². The van der Waals surface area contributed by atoms with Crippen molar-refractivity contribution in [3.63, 3.8) is 0 Å². The van der Waals surface area contributed by atoms with E-state index in [0.29, 0.717) is 12.5 Å². The predicted molar refractivity (Wildman–Crippen MR) is 55.8 cm³/mol. The lowest BCUT2D eigenvalue weighted by atomic mass is 9.84. The Hall–Kier alpha value is -0.0800. The van der Waals surface area contributed by atoms with Gasteiger partial charge in [0.2, 0.25) is 0 Å². The summed E-state index contributed by atoms with van der Waals surface area (Å²) in [6.45, 7) is 10.9. The Balaban J connectivity index is 4.48. The quantitative estimate of drug-likeness (QED) is 0.694. The summed E-state index contributed by atoms with van der Waals surface area (Å²) in [4.78, 5) is 0. The number of hydrogen-bond acceptors (Lipinski definition) is 2. The molecule has 0 spiro atoms. The highest BCUT2D eigenvalue weighted by Crippen LogP contribution is 2.27. The Labute approximate surface area is 82.3 Å². The maximum Gasteiger partial charge on any atom is 0.0905 e. The Morgan fingerprint density at radius 1 is 1.15 bits per heavy atom. The molecule has 1 N–H and O–H groups in total. The standard InChI is InChI=1S/C11H24O2/c1-6-11(12,7-2)10(9(4)5)13-8-3/h9-10,12H,6-8H2,1-5H3/t10-/m1/s1. The average Bonchev–Trinajstić information content (AvgIpc) is 2.12. The molecule has 0 aliphatic heterocycles. The van der Waals surface area contributed by atoms with Gasteiger partial charge in [-0.1, -0.05) is 27.7 Å². The minimum Gasteiger partial charge on any atom is -0.387 e. The molecule has 13 heavy (non-hydrogen) atoms. The molecular weight excluding hydrogens is 164 g/mol. The smallest absolute Gasteiger partial charge is 0.0905 e. The van der Waals surface area contributed by atoms with E-state index in [9.17, 15) is 5.11 Å². The molecule has 0 radical (unpaired) electrons. The van der Waals surface area contributed by atoms with E-state index in [1.807, 2.05) is 20.8 Å². The zero-order valence-electron chi connectivity index (χ0n) is 9.63. The van der Waals surface area contributed by atoms with Crippen molar-refractivity contribution in [2.24, 2.45) is 5.92 Å². The number of ether oxygens (including phenoxy) is 1. The summed E-state index contributed by atoms with van der Waals surface area (Å²) in [5.41, 5.74) is -0.649. The minimum absolute atomic E-state index is 0.0347. The molecule has 0 unspecified atom stereocenters. The third-order valence-corrected chi connectivity index (χ3v) is 2.71. The van der Waals surface area contributed by atoms with Crippen LogP contribution in [0.3, 0.4) is 0 Å².